The summed E-state index contributed by atoms with van der Waals surface area (Å²) in [6.45, 7) is -0.887. The summed E-state index contributed by atoms with van der Waals surface area (Å²) in [5, 5.41) is 29.1. The molecule has 2 rings (SSSR count). The van der Waals surface area contributed by atoms with Gasteiger partial charge in [-0.15, -0.1) is 5.10 Å². The third kappa shape index (κ3) is 13.0. The van der Waals surface area contributed by atoms with E-state index in [1.54, 1.807) is 0 Å². The Kier molecular flexibility index (Phi) is 13.8. The Bertz CT molecular complexity index is 1260. The average Bonchev–Trinajstić information content (AvgIpc) is 3.39. The van der Waals surface area contributed by atoms with Crippen LogP contribution in [0.25, 0.3) is 0 Å². The SMILES string of the molecule is NC(N)=NCCC[C@@H]1NC(=O)Cn2cc(nn2)CNC(=O)[C@@H](CC(=O)O)NC(=O)CNC(=O)[C@@H](CCCN=C(N)N)NC1=O. The minimum atomic E-state index is -1.48. The second-order valence-electron chi connectivity index (χ2n) is 9.64. The summed E-state index contributed by atoms with van der Waals surface area (Å²) in [7, 11) is 0. The van der Waals surface area contributed by atoms with Crippen molar-refractivity contribution in [1.82, 2.24) is 41.6 Å². The quantitative estimate of drug-likeness (QED) is 0.0660. The second-order valence-corrected chi connectivity index (χ2v) is 9.64. The predicted molar refractivity (Wildman–Crippen MR) is 153 cm³/mol. The van der Waals surface area contributed by atoms with Crippen LogP contribution in [0.15, 0.2) is 16.2 Å². The lowest BCUT2D eigenvalue weighted by molar-refractivity contribution is -0.140. The second kappa shape index (κ2) is 17.5. The van der Waals surface area contributed by atoms with E-state index in [1.165, 1.54) is 6.20 Å². The fourth-order valence-corrected chi connectivity index (χ4v) is 3.92. The van der Waals surface area contributed by atoms with Crippen molar-refractivity contribution in [2.75, 3.05) is 19.6 Å². The number of fused-ring (bicyclic) bond motifs is 2. The van der Waals surface area contributed by atoms with Gasteiger partial charge in [-0.05, 0) is 25.7 Å². The zero-order chi connectivity index (χ0) is 32.6. The Labute approximate surface area is 251 Å². The first-order chi connectivity index (χ1) is 20.8. The van der Waals surface area contributed by atoms with Crippen molar-refractivity contribution in [2.24, 2.45) is 32.9 Å². The molecular formula is C23H38N14O7. The average molecular weight is 623 g/mol. The summed E-state index contributed by atoms with van der Waals surface area (Å²) in [6, 6.07) is -3.79. The lowest BCUT2D eigenvalue weighted by Gasteiger charge is -2.23. The first-order valence-corrected chi connectivity index (χ1v) is 13.5. The molecule has 0 fully saturated rings. The van der Waals surface area contributed by atoms with Gasteiger partial charge in [-0.25, -0.2) is 4.68 Å². The number of hydrogen-bond donors (Lipinski definition) is 10. The molecule has 1 aliphatic rings. The molecule has 2 bridgehead atoms. The number of carboxylic acids is 1. The monoisotopic (exact) mass is 622 g/mol. The minimum absolute atomic E-state index is 0.0381. The topological polar surface area (TPSA) is 342 Å². The Morgan fingerprint density at radius 3 is 1.95 bits per heavy atom. The van der Waals surface area contributed by atoms with Crippen LogP contribution in [0, 0.1) is 0 Å². The first-order valence-electron chi connectivity index (χ1n) is 13.5. The normalized spacial score (nSPS) is 20.3. The molecule has 0 saturated carbocycles. The molecule has 44 heavy (non-hydrogen) atoms. The number of nitrogens with zero attached hydrogens (tertiary/aromatic N) is 5. The first kappa shape index (κ1) is 34.7. The number of rotatable bonds is 10. The van der Waals surface area contributed by atoms with Gasteiger partial charge >= 0.3 is 5.97 Å². The number of guanidine groups is 2. The number of carbonyl (C=O) groups is 6. The van der Waals surface area contributed by atoms with Crippen molar-refractivity contribution < 1.29 is 33.9 Å². The smallest absolute Gasteiger partial charge is 0.305 e. The number of nitrogens with one attached hydrogen (secondary N) is 5. The highest BCUT2D eigenvalue weighted by Gasteiger charge is 2.28. The molecule has 0 unspecified atom stereocenters. The fourth-order valence-electron chi connectivity index (χ4n) is 3.92. The van der Waals surface area contributed by atoms with Crippen LogP contribution < -0.4 is 49.5 Å². The van der Waals surface area contributed by atoms with Crippen LogP contribution in [0.1, 0.15) is 37.8 Å². The van der Waals surface area contributed by atoms with Gasteiger partial charge in [0.15, 0.2) is 11.9 Å². The summed E-state index contributed by atoms with van der Waals surface area (Å²) in [6.07, 6.45) is 1.30. The lowest BCUT2D eigenvalue weighted by Crippen LogP contribution is -2.55. The number of amides is 5. The highest BCUT2D eigenvalue weighted by atomic mass is 16.4. The zero-order valence-electron chi connectivity index (χ0n) is 23.8. The molecule has 5 amide bonds. The molecule has 242 valence electrons. The molecule has 21 heteroatoms. The van der Waals surface area contributed by atoms with E-state index in [4.69, 9.17) is 22.9 Å². The summed E-state index contributed by atoms with van der Waals surface area (Å²) in [5.41, 5.74) is 21.6. The van der Waals surface area contributed by atoms with Crippen molar-refractivity contribution in [1.29, 1.82) is 0 Å². The summed E-state index contributed by atoms with van der Waals surface area (Å²) in [5.74, 6) is -5.45. The molecule has 21 nitrogen and oxygen atoms in total. The Morgan fingerprint density at radius 2 is 1.36 bits per heavy atom. The van der Waals surface area contributed by atoms with Crippen molar-refractivity contribution in [3.8, 4) is 0 Å². The van der Waals surface area contributed by atoms with Crippen LogP contribution in [-0.4, -0.2) is 105 Å². The molecule has 0 aromatic carbocycles. The number of carboxylic acid groups (broad SMARTS) is 1. The molecule has 3 atom stereocenters. The van der Waals surface area contributed by atoms with E-state index in [0.29, 0.717) is 6.42 Å². The highest BCUT2D eigenvalue weighted by Crippen LogP contribution is 2.05. The van der Waals surface area contributed by atoms with Crippen molar-refractivity contribution in [3.63, 3.8) is 0 Å². The number of aliphatic carboxylic acids is 1. The van der Waals surface area contributed by atoms with E-state index >= 15 is 0 Å². The van der Waals surface area contributed by atoms with Gasteiger partial charge in [0, 0.05) is 13.1 Å². The standard InChI is InChI=1S/C23H38N14O7/c24-22(25)28-5-1-3-13-19(42)31-9-16(38)33-15(7-18(40)41)20(43)30-8-12-10-37(36-35-12)11-17(39)32-14(21(44)34-13)4-2-6-29-23(26)27/h10,13-15H,1-9,11H2,(H,30,43)(H,31,42)(H,32,39)(H,33,38)(H,34,44)(H,40,41)(H4,24,25,28)(H4,26,27,29)/t13-,14+,15-/m1/s1. The third-order valence-corrected chi connectivity index (χ3v) is 5.96. The van der Waals surface area contributed by atoms with Crippen molar-refractivity contribution in [3.05, 3.63) is 11.9 Å². The largest absolute Gasteiger partial charge is 0.481 e. The molecular weight excluding hydrogens is 584 g/mol. The number of hydrogen-bond acceptors (Lipinski definition) is 10. The van der Waals surface area contributed by atoms with Crippen LogP contribution in [0.4, 0.5) is 0 Å². The highest BCUT2D eigenvalue weighted by molar-refractivity contribution is 5.95. The number of aromatic nitrogens is 3. The van der Waals surface area contributed by atoms with Gasteiger partial charge in [0.25, 0.3) is 0 Å². The van der Waals surface area contributed by atoms with Gasteiger partial charge in [-0.3, -0.25) is 38.8 Å². The summed E-state index contributed by atoms with van der Waals surface area (Å²) < 4.78 is 1.16. The molecule has 1 aliphatic heterocycles. The summed E-state index contributed by atoms with van der Waals surface area (Å²) in [4.78, 5) is 83.4. The van der Waals surface area contributed by atoms with E-state index in [-0.39, 0.29) is 63.1 Å². The van der Waals surface area contributed by atoms with E-state index in [9.17, 15) is 33.9 Å². The number of nitrogens with two attached hydrogens (primary N) is 4. The van der Waals surface area contributed by atoms with Crippen LogP contribution in [-0.2, 0) is 41.9 Å². The predicted octanol–water partition coefficient (Wildman–Crippen LogP) is -5.94. The van der Waals surface area contributed by atoms with Crippen LogP contribution in [0.5, 0.6) is 0 Å². The van der Waals surface area contributed by atoms with Gasteiger partial charge in [0.05, 0.1) is 25.7 Å². The van der Waals surface area contributed by atoms with Gasteiger partial charge in [-0.1, -0.05) is 5.21 Å². The van der Waals surface area contributed by atoms with Gasteiger partial charge in [0.1, 0.15) is 30.4 Å². The van der Waals surface area contributed by atoms with Crippen molar-refractivity contribution >= 4 is 47.4 Å². The Hall–Kier alpha value is -5.50. The van der Waals surface area contributed by atoms with E-state index in [1.807, 2.05) is 0 Å². The zero-order valence-corrected chi connectivity index (χ0v) is 23.8. The molecule has 1 aromatic heterocycles. The Balaban J connectivity index is 2.33. The molecule has 0 radical (unpaired) electrons. The van der Waals surface area contributed by atoms with Gasteiger partial charge in [0.2, 0.25) is 29.5 Å². The van der Waals surface area contributed by atoms with E-state index in [0.717, 1.165) is 4.68 Å². The molecule has 14 N–H and O–H groups in total. The fraction of sp³-hybridized carbons (Fsp3) is 0.565. The molecule has 0 spiro atoms. The van der Waals surface area contributed by atoms with Crippen LogP contribution >= 0.6 is 0 Å². The van der Waals surface area contributed by atoms with E-state index in [2.05, 4.69) is 46.9 Å². The van der Waals surface area contributed by atoms with Crippen LogP contribution in [0.2, 0.25) is 0 Å². The minimum Gasteiger partial charge on any atom is -0.481 e. The van der Waals surface area contributed by atoms with Crippen molar-refractivity contribution in [2.45, 2.75) is 63.3 Å². The van der Waals surface area contributed by atoms with Gasteiger partial charge in [-0.2, -0.15) is 0 Å². The lowest BCUT2D eigenvalue weighted by atomic mass is 10.1. The summed E-state index contributed by atoms with van der Waals surface area (Å²) >= 11 is 0. The number of carbonyl (C=O) groups excluding carboxylic acids is 5. The molecule has 0 saturated heterocycles. The van der Waals surface area contributed by atoms with Crippen LogP contribution in [0.3, 0.4) is 0 Å². The maximum absolute atomic E-state index is 13.3. The van der Waals surface area contributed by atoms with Gasteiger partial charge < -0.3 is 54.6 Å². The maximum Gasteiger partial charge on any atom is 0.305 e. The maximum atomic E-state index is 13.3. The van der Waals surface area contributed by atoms with E-state index < -0.39 is 66.6 Å². The molecule has 1 aromatic rings. The number of aliphatic imine (C=N–C) groups is 2. The molecule has 0 aliphatic carbocycles. The molecule has 2 heterocycles. The third-order valence-electron chi connectivity index (χ3n) is 5.96. The Morgan fingerprint density at radius 1 is 0.818 bits per heavy atom.